The van der Waals surface area contributed by atoms with Crippen LogP contribution in [0.5, 0.6) is 11.5 Å². The molecule has 5 rings (SSSR count). The number of sulfonamides is 1. The number of H-pyrrole nitrogens is 1. The second-order valence-electron chi connectivity index (χ2n) is 9.26. The Morgan fingerprint density at radius 3 is 2.39 bits per heavy atom. The van der Waals surface area contributed by atoms with Gasteiger partial charge in [0.05, 0.1) is 36.6 Å². The van der Waals surface area contributed by atoms with Crippen molar-refractivity contribution in [3.8, 4) is 11.5 Å². The Labute approximate surface area is 221 Å². The lowest BCUT2D eigenvalue weighted by Crippen LogP contribution is -2.38. The van der Waals surface area contributed by atoms with E-state index < -0.39 is 10.0 Å². The van der Waals surface area contributed by atoms with Crippen LogP contribution < -0.4 is 14.8 Å². The molecule has 1 aromatic heterocycles. The first-order chi connectivity index (χ1) is 18.4. The molecule has 0 saturated carbocycles. The number of ether oxygens (including phenoxy) is 2. The van der Waals surface area contributed by atoms with Gasteiger partial charge in [-0.2, -0.15) is 4.31 Å². The van der Waals surface area contributed by atoms with Crippen molar-refractivity contribution in [1.29, 1.82) is 0 Å². The third-order valence-corrected chi connectivity index (χ3v) is 8.75. The maximum Gasteiger partial charge on any atom is 0.243 e. The number of imidazole rings is 1. The number of hydrogen-bond acceptors (Lipinski definition) is 6. The van der Waals surface area contributed by atoms with E-state index in [2.05, 4.69) is 15.3 Å². The van der Waals surface area contributed by atoms with Crippen LogP contribution in [0.2, 0.25) is 0 Å². The van der Waals surface area contributed by atoms with Crippen LogP contribution in [0, 0.1) is 0 Å². The summed E-state index contributed by atoms with van der Waals surface area (Å²) in [6.45, 7) is 0.849. The topological polar surface area (TPSA) is 114 Å². The molecule has 4 aromatic rings. The summed E-state index contributed by atoms with van der Waals surface area (Å²) in [5, 5.41) is 2.82. The molecule has 9 nitrogen and oxygen atoms in total. The number of methoxy groups -OCH3 is 2. The number of rotatable bonds is 8. The zero-order valence-corrected chi connectivity index (χ0v) is 22.1. The lowest BCUT2D eigenvalue weighted by molar-refractivity contribution is -0.115. The van der Waals surface area contributed by atoms with Gasteiger partial charge in [0.15, 0.2) is 11.5 Å². The third kappa shape index (κ3) is 5.36. The van der Waals surface area contributed by atoms with Gasteiger partial charge in [0.25, 0.3) is 0 Å². The number of aromatic amines is 1. The normalized spacial score (nSPS) is 14.9. The van der Waals surface area contributed by atoms with Gasteiger partial charge >= 0.3 is 0 Å². The number of aromatic nitrogens is 2. The molecular formula is C28H30N4O5S. The van der Waals surface area contributed by atoms with Crippen molar-refractivity contribution in [3.05, 3.63) is 78.1 Å². The second kappa shape index (κ2) is 10.8. The summed E-state index contributed by atoms with van der Waals surface area (Å²) in [6.07, 6.45) is 1.53. The van der Waals surface area contributed by atoms with Crippen molar-refractivity contribution in [3.63, 3.8) is 0 Å². The minimum absolute atomic E-state index is 0.139. The highest BCUT2D eigenvalue weighted by atomic mass is 32.2. The van der Waals surface area contributed by atoms with E-state index in [1.165, 1.54) is 16.4 Å². The average Bonchev–Trinajstić information content (AvgIpc) is 3.38. The number of carbonyl (C=O) groups excluding carboxylic acids is 1. The molecule has 0 aliphatic carbocycles. The lowest BCUT2D eigenvalue weighted by Gasteiger charge is -2.30. The van der Waals surface area contributed by atoms with Crippen LogP contribution >= 0.6 is 0 Å². The lowest BCUT2D eigenvalue weighted by atomic mass is 9.97. The first kappa shape index (κ1) is 25.7. The first-order valence-electron chi connectivity index (χ1n) is 12.4. The van der Waals surface area contributed by atoms with Gasteiger partial charge < -0.3 is 19.8 Å². The number of anilines is 1. The number of hydrogen-bond donors (Lipinski definition) is 2. The number of carbonyl (C=O) groups is 1. The molecule has 1 aliphatic rings. The van der Waals surface area contributed by atoms with Crippen molar-refractivity contribution < 1.29 is 22.7 Å². The number of piperidine rings is 1. The number of nitrogens with one attached hydrogen (secondary N) is 2. The van der Waals surface area contributed by atoms with Gasteiger partial charge in [-0.3, -0.25) is 4.79 Å². The van der Waals surface area contributed by atoms with Crippen LogP contribution in [0.3, 0.4) is 0 Å². The van der Waals surface area contributed by atoms with Crippen molar-refractivity contribution in [1.82, 2.24) is 14.3 Å². The molecule has 3 aromatic carbocycles. The van der Waals surface area contributed by atoms with E-state index in [4.69, 9.17) is 9.47 Å². The molecule has 2 N–H and O–H groups in total. The highest BCUT2D eigenvalue weighted by Crippen LogP contribution is 2.31. The van der Waals surface area contributed by atoms with Crippen LogP contribution in [0.1, 0.15) is 30.1 Å². The van der Waals surface area contributed by atoms with E-state index in [9.17, 15) is 13.2 Å². The highest BCUT2D eigenvalue weighted by molar-refractivity contribution is 7.89. The molecule has 2 heterocycles. The van der Waals surface area contributed by atoms with Gasteiger partial charge in [-0.05, 0) is 66.9 Å². The fourth-order valence-corrected chi connectivity index (χ4v) is 6.25. The monoisotopic (exact) mass is 534 g/mol. The zero-order valence-electron chi connectivity index (χ0n) is 21.3. The molecule has 1 saturated heterocycles. The Kier molecular flexibility index (Phi) is 7.35. The fraction of sp³-hybridized carbons (Fsp3) is 0.286. The summed E-state index contributed by atoms with van der Waals surface area (Å²) in [6, 6.07) is 19.5. The quantitative estimate of drug-likeness (QED) is 0.348. The predicted octanol–water partition coefficient (Wildman–Crippen LogP) is 4.33. The third-order valence-electron chi connectivity index (χ3n) is 6.84. The number of benzene rings is 3. The smallest absolute Gasteiger partial charge is 0.243 e. The summed E-state index contributed by atoms with van der Waals surface area (Å²) in [4.78, 5) is 20.8. The molecule has 0 spiro atoms. The standard InChI is InChI=1S/C28H30N4O5S/c1-36-25-12-7-19(17-26(25)37-2)18-27(33)29-21-8-10-22(11-9-21)38(34,35)32-15-13-20(14-16-32)28-30-23-5-3-4-6-24(23)31-28/h3-12,17,20H,13-16,18H2,1-2H3,(H,29,33)(H,30,31). The molecular weight excluding hydrogens is 504 g/mol. The molecule has 0 bridgehead atoms. The maximum atomic E-state index is 13.3. The molecule has 0 atom stereocenters. The second-order valence-corrected chi connectivity index (χ2v) is 11.2. The molecule has 0 radical (unpaired) electrons. The van der Waals surface area contributed by atoms with Gasteiger partial charge in [-0.1, -0.05) is 18.2 Å². The van der Waals surface area contributed by atoms with Crippen LogP contribution in [0.4, 0.5) is 5.69 Å². The molecule has 198 valence electrons. The maximum absolute atomic E-state index is 13.3. The van der Waals surface area contributed by atoms with Gasteiger partial charge in [-0.15, -0.1) is 0 Å². The molecule has 1 amide bonds. The Morgan fingerprint density at radius 1 is 1.00 bits per heavy atom. The van der Waals surface area contributed by atoms with Crippen LogP contribution in [0.15, 0.2) is 71.6 Å². The Hall–Kier alpha value is -3.89. The molecule has 1 aliphatic heterocycles. The molecule has 0 unspecified atom stereocenters. The zero-order chi connectivity index (χ0) is 26.7. The van der Waals surface area contributed by atoms with E-state index in [-0.39, 0.29) is 23.1 Å². The Morgan fingerprint density at radius 2 is 1.71 bits per heavy atom. The molecule has 1 fully saturated rings. The van der Waals surface area contributed by atoms with Crippen molar-refractivity contribution in [2.75, 3.05) is 32.6 Å². The first-order valence-corrected chi connectivity index (χ1v) is 13.9. The predicted molar refractivity (Wildman–Crippen MR) is 145 cm³/mol. The van der Waals surface area contributed by atoms with Crippen molar-refractivity contribution in [2.45, 2.75) is 30.1 Å². The van der Waals surface area contributed by atoms with Gasteiger partial charge in [0.2, 0.25) is 15.9 Å². The van der Waals surface area contributed by atoms with Gasteiger partial charge in [0, 0.05) is 24.7 Å². The largest absolute Gasteiger partial charge is 0.493 e. The van der Waals surface area contributed by atoms with E-state index in [1.54, 1.807) is 44.6 Å². The summed E-state index contributed by atoms with van der Waals surface area (Å²) in [7, 11) is -0.540. The summed E-state index contributed by atoms with van der Waals surface area (Å²) in [5.74, 6) is 2.02. The van der Waals surface area contributed by atoms with Crippen molar-refractivity contribution in [2.24, 2.45) is 0 Å². The van der Waals surface area contributed by atoms with Gasteiger partial charge in [0.1, 0.15) is 5.82 Å². The SMILES string of the molecule is COc1ccc(CC(=O)Nc2ccc(S(=O)(=O)N3CCC(c4nc5ccccc5[nH]4)CC3)cc2)cc1OC. The number of para-hydroxylation sites is 2. The van der Waals surface area contributed by atoms with Crippen LogP contribution in [-0.2, 0) is 21.2 Å². The average molecular weight is 535 g/mol. The van der Waals surface area contributed by atoms with Crippen molar-refractivity contribution >= 4 is 32.7 Å². The summed E-state index contributed by atoms with van der Waals surface area (Å²) >= 11 is 0. The van der Waals surface area contributed by atoms with Crippen LogP contribution in [0.25, 0.3) is 11.0 Å². The molecule has 38 heavy (non-hydrogen) atoms. The number of fused-ring (bicyclic) bond motifs is 1. The number of nitrogens with zero attached hydrogens (tertiary/aromatic N) is 2. The van der Waals surface area contributed by atoms with E-state index in [0.717, 1.165) is 22.4 Å². The fourth-order valence-electron chi connectivity index (χ4n) is 4.78. The minimum atomic E-state index is -3.64. The summed E-state index contributed by atoms with van der Waals surface area (Å²) < 4.78 is 38.5. The number of amides is 1. The Bertz CT molecular complexity index is 1510. The van der Waals surface area contributed by atoms with Crippen LogP contribution in [-0.4, -0.2) is 55.9 Å². The summed E-state index contributed by atoms with van der Waals surface area (Å²) in [5.41, 5.74) is 3.21. The Balaban J connectivity index is 1.19. The minimum Gasteiger partial charge on any atom is -0.493 e. The van der Waals surface area contributed by atoms with E-state index >= 15 is 0 Å². The van der Waals surface area contributed by atoms with Gasteiger partial charge in [-0.25, -0.2) is 13.4 Å². The van der Waals surface area contributed by atoms with E-state index in [0.29, 0.717) is 43.1 Å². The highest BCUT2D eigenvalue weighted by Gasteiger charge is 2.31. The molecule has 10 heteroatoms. The van der Waals surface area contributed by atoms with E-state index in [1.807, 2.05) is 24.3 Å².